The van der Waals surface area contributed by atoms with Gasteiger partial charge < -0.3 is 18.0 Å². The van der Waals surface area contributed by atoms with Gasteiger partial charge in [-0.3, -0.25) is 0 Å². The van der Waals surface area contributed by atoms with Gasteiger partial charge in [0, 0.05) is 54.5 Å². The molecule has 4 nitrogen and oxygen atoms in total. The second-order valence-electron chi connectivity index (χ2n) is 15.3. The van der Waals surface area contributed by atoms with Crippen molar-refractivity contribution in [2.75, 3.05) is 0 Å². The van der Waals surface area contributed by atoms with E-state index in [1.54, 1.807) is 0 Å². The first-order chi connectivity index (χ1) is 28.7. The fourth-order valence-electron chi connectivity index (χ4n) is 9.53. The van der Waals surface area contributed by atoms with E-state index in [-0.39, 0.29) is 0 Å². The van der Waals surface area contributed by atoms with Gasteiger partial charge in [0.1, 0.15) is 22.3 Å². The highest BCUT2D eigenvalue weighted by Gasteiger charge is 2.18. The van der Waals surface area contributed by atoms with Crippen molar-refractivity contribution in [3.63, 3.8) is 0 Å². The summed E-state index contributed by atoms with van der Waals surface area (Å²) >= 11 is 0. The molecular weight excluding hydrogens is 709 g/mol. The van der Waals surface area contributed by atoms with Gasteiger partial charge in [-0.15, -0.1) is 0 Å². The summed E-state index contributed by atoms with van der Waals surface area (Å²) in [5.74, 6) is 0. The summed E-state index contributed by atoms with van der Waals surface area (Å²) < 4.78 is 17.4. The van der Waals surface area contributed by atoms with Crippen LogP contribution in [-0.2, 0) is 0 Å². The van der Waals surface area contributed by atoms with Crippen LogP contribution in [0.1, 0.15) is 0 Å². The van der Waals surface area contributed by atoms with E-state index < -0.39 is 0 Å². The molecule has 270 valence electrons. The standard InChI is InChI=1S/C54H32N2O2/c1-2-12-38(34-22-26-52-44(30-34)46-32-36(24-28-54(46)58-52)55-47-17-7-3-13-39(47)40-14-4-8-18-48(40)55)37(11-1)33-21-25-50-43(29-33)41-15-5-9-19-49(41)56(50)35-23-27-53-45(31-35)42-16-6-10-20-51(42)57-53/h1-32H. The van der Waals surface area contributed by atoms with Gasteiger partial charge in [-0.1, -0.05) is 109 Å². The zero-order valence-corrected chi connectivity index (χ0v) is 31.2. The van der Waals surface area contributed by atoms with E-state index in [1.807, 2.05) is 12.1 Å². The summed E-state index contributed by atoms with van der Waals surface area (Å²) in [5.41, 5.74) is 15.2. The van der Waals surface area contributed by atoms with Crippen LogP contribution in [0.4, 0.5) is 0 Å². The molecule has 13 aromatic rings. The first kappa shape index (κ1) is 31.4. The van der Waals surface area contributed by atoms with E-state index in [4.69, 9.17) is 8.83 Å². The summed E-state index contributed by atoms with van der Waals surface area (Å²) in [6.07, 6.45) is 0. The van der Waals surface area contributed by atoms with Gasteiger partial charge >= 0.3 is 0 Å². The molecule has 9 aromatic carbocycles. The Morgan fingerprint density at radius 2 is 0.638 bits per heavy atom. The second kappa shape index (κ2) is 11.8. The molecule has 0 aliphatic heterocycles. The Kier molecular flexibility index (Phi) is 6.41. The third-order valence-electron chi connectivity index (χ3n) is 12.1. The third kappa shape index (κ3) is 4.45. The van der Waals surface area contributed by atoms with Gasteiger partial charge in [0.25, 0.3) is 0 Å². The minimum absolute atomic E-state index is 0.881. The summed E-state index contributed by atoms with van der Waals surface area (Å²) in [6.45, 7) is 0. The molecule has 4 heterocycles. The van der Waals surface area contributed by atoms with Crippen LogP contribution in [0.5, 0.6) is 0 Å². The zero-order chi connectivity index (χ0) is 37.9. The van der Waals surface area contributed by atoms with Crippen molar-refractivity contribution >= 4 is 87.5 Å². The Hall–Kier alpha value is -7.82. The molecule has 0 saturated carbocycles. The maximum Gasteiger partial charge on any atom is 0.135 e. The largest absolute Gasteiger partial charge is 0.456 e. The summed E-state index contributed by atoms with van der Waals surface area (Å²) in [5, 5.41) is 9.39. The summed E-state index contributed by atoms with van der Waals surface area (Å²) in [6, 6.07) is 69.7. The minimum atomic E-state index is 0.881. The number of hydrogen-bond acceptors (Lipinski definition) is 2. The van der Waals surface area contributed by atoms with E-state index in [0.29, 0.717) is 0 Å². The van der Waals surface area contributed by atoms with Crippen molar-refractivity contribution < 1.29 is 8.83 Å². The van der Waals surface area contributed by atoms with Gasteiger partial charge in [-0.05, 0) is 107 Å². The molecule has 0 saturated heterocycles. The lowest BCUT2D eigenvalue weighted by Gasteiger charge is -2.12. The van der Waals surface area contributed by atoms with Gasteiger partial charge in [0.05, 0.1) is 22.1 Å². The first-order valence-electron chi connectivity index (χ1n) is 19.7. The lowest BCUT2D eigenvalue weighted by molar-refractivity contribution is 0.668. The van der Waals surface area contributed by atoms with Crippen molar-refractivity contribution in [3.8, 4) is 33.6 Å². The molecule has 0 fully saturated rings. The van der Waals surface area contributed by atoms with Crippen LogP contribution in [0.3, 0.4) is 0 Å². The second-order valence-corrected chi connectivity index (χ2v) is 15.3. The number of benzene rings is 9. The number of rotatable bonds is 4. The van der Waals surface area contributed by atoms with Crippen LogP contribution < -0.4 is 0 Å². The van der Waals surface area contributed by atoms with Crippen LogP contribution in [0, 0.1) is 0 Å². The van der Waals surface area contributed by atoms with E-state index >= 15 is 0 Å². The average molecular weight is 741 g/mol. The van der Waals surface area contributed by atoms with Crippen LogP contribution in [0.2, 0.25) is 0 Å². The maximum atomic E-state index is 6.46. The number of aromatic nitrogens is 2. The molecule has 0 aliphatic carbocycles. The van der Waals surface area contributed by atoms with Gasteiger partial charge in [-0.25, -0.2) is 0 Å². The summed E-state index contributed by atoms with van der Waals surface area (Å²) in [7, 11) is 0. The smallest absolute Gasteiger partial charge is 0.135 e. The third-order valence-corrected chi connectivity index (χ3v) is 12.1. The molecule has 0 unspecified atom stereocenters. The zero-order valence-electron chi connectivity index (χ0n) is 31.2. The number of fused-ring (bicyclic) bond motifs is 12. The van der Waals surface area contributed by atoms with E-state index in [2.05, 4.69) is 191 Å². The molecule has 0 N–H and O–H groups in total. The highest BCUT2D eigenvalue weighted by Crippen LogP contribution is 2.41. The van der Waals surface area contributed by atoms with Crippen LogP contribution >= 0.6 is 0 Å². The lowest BCUT2D eigenvalue weighted by atomic mass is 9.93. The highest BCUT2D eigenvalue weighted by atomic mass is 16.3. The van der Waals surface area contributed by atoms with Crippen LogP contribution in [0.25, 0.3) is 121 Å². The Balaban J connectivity index is 0.956. The van der Waals surface area contributed by atoms with Gasteiger partial charge in [0.2, 0.25) is 0 Å². The Morgan fingerprint density at radius 3 is 1.22 bits per heavy atom. The fourth-order valence-corrected chi connectivity index (χ4v) is 9.53. The Bertz CT molecular complexity index is 3760. The normalized spacial score (nSPS) is 12.1. The number of furan rings is 2. The van der Waals surface area contributed by atoms with Gasteiger partial charge in [-0.2, -0.15) is 0 Å². The molecule has 0 amide bonds. The van der Waals surface area contributed by atoms with Gasteiger partial charge in [0.15, 0.2) is 0 Å². The first-order valence-corrected chi connectivity index (χ1v) is 19.7. The fraction of sp³-hybridized carbons (Fsp3) is 0. The molecule has 0 radical (unpaired) electrons. The molecule has 0 bridgehead atoms. The van der Waals surface area contributed by atoms with Crippen molar-refractivity contribution in [2.24, 2.45) is 0 Å². The molecule has 0 aliphatic rings. The van der Waals surface area contributed by atoms with E-state index in [0.717, 1.165) is 60.8 Å². The molecule has 4 aromatic heterocycles. The molecule has 4 heteroatoms. The van der Waals surface area contributed by atoms with Crippen LogP contribution in [0.15, 0.2) is 203 Å². The van der Waals surface area contributed by atoms with Crippen molar-refractivity contribution in [2.45, 2.75) is 0 Å². The van der Waals surface area contributed by atoms with Crippen molar-refractivity contribution in [1.29, 1.82) is 0 Å². The molecule has 0 atom stereocenters. The predicted octanol–water partition coefficient (Wildman–Crippen LogP) is 15.0. The highest BCUT2D eigenvalue weighted by molar-refractivity contribution is 6.13. The van der Waals surface area contributed by atoms with E-state index in [9.17, 15) is 0 Å². The molecular formula is C54H32N2O2. The van der Waals surface area contributed by atoms with Crippen LogP contribution in [-0.4, -0.2) is 9.13 Å². The number of para-hydroxylation sites is 4. The maximum absolute atomic E-state index is 6.46. The Morgan fingerprint density at radius 1 is 0.259 bits per heavy atom. The Labute approximate surface area is 332 Å². The number of hydrogen-bond donors (Lipinski definition) is 0. The lowest BCUT2D eigenvalue weighted by Crippen LogP contribution is -1.93. The molecule has 58 heavy (non-hydrogen) atoms. The number of nitrogens with zero attached hydrogens (tertiary/aromatic N) is 2. The topological polar surface area (TPSA) is 36.1 Å². The van der Waals surface area contributed by atoms with E-state index in [1.165, 1.54) is 60.3 Å². The molecule has 0 spiro atoms. The quantitative estimate of drug-likeness (QED) is 0.180. The van der Waals surface area contributed by atoms with Crippen molar-refractivity contribution in [3.05, 3.63) is 194 Å². The minimum Gasteiger partial charge on any atom is -0.456 e. The average Bonchev–Trinajstić information content (AvgIpc) is 4.03. The van der Waals surface area contributed by atoms with Crippen molar-refractivity contribution in [1.82, 2.24) is 9.13 Å². The SMILES string of the molecule is c1ccc(-c2ccc3c(c2)c2ccccc2n3-c2ccc3oc4ccccc4c3c2)c(-c2ccc3oc4ccc(-n5c6ccccc6c6ccccc65)cc4c3c2)c1. The molecule has 13 rings (SSSR count). The summed E-state index contributed by atoms with van der Waals surface area (Å²) in [4.78, 5) is 0. The predicted molar refractivity (Wildman–Crippen MR) is 241 cm³/mol. The monoisotopic (exact) mass is 740 g/mol.